The van der Waals surface area contributed by atoms with Crippen LogP contribution in [0.1, 0.15) is 28.8 Å². The molecule has 27 heavy (non-hydrogen) atoms. The normalized spacial score (nSPS) is 13.5. The van der Waals surface area contributed by atoms with Crippen LogP contribution in [0.15, 0.2) is 59.6 Å². The average molecular weight is 379 g/mol. The number of hydrogen-bond donors (Lipinski definition) is 1. The zero-order valence-corrected chi connectivity index (χ0v) is 15.2. The van der Waals surface area contributed by atoms with E-state index in [1.54, 1.807) is 12.1 Å². The summed E-state index contributed by atoms with van der Waals surface area (Å²) < 4.78 is 0. The Bertz CT molecular complexity index is 1020. The third kappa shape index (κ3) is 4.09. The Kier molecular flexibility index (Phi) is 4.77. The number of aromatic nitrogens is 1. The molecule has 1 aliphatic carbocycles. The number of pyridine rings is 1. The van der Waals surface area contributed by atoms with Gasteiger partial charge >= 0.3 is 0 Å². The van der Waals surface area contributed by atoms with Crippen LogP contribution in [0, 0.1) is 10.1 Å². The molecule has 1 fully saturated rings. The lowest BCUT2D eigenvalue weighted by Crippen LogP contribution is -2.25. The summed E-state index contributed by atoms with van der Waals surface area (Å²) in [6.45, 7) is 0. The minimum atomic E-state index is -0.410. The molecule has 1 N–H and O–H groups in total. The smallest absolute Gasteiger partial charge is 0.269 e. The van der Waals surface area contributed by atoms with Gasteiger partial charge in [-0.15, -0.1) is 11.8 Å². The first kappa shape index (κ1) is 17.5. The van der Waals surface area contributed by atoms with Gasteiger partial charge in [-0.1, -0.05) is 30.3 Å². The number of nitrogens with zero attached hydrogens (tertiary/aromatic N) is 2. The number of nitro groups is 1. The van der Waals surface area contributed by atoms with Gasteiger partial charge in [-0.25, -0.2) is 4.98 Å². The molecule has 136 valence electrons. The number of nitrogens with one attached hydrogen (secondary N) is 1. The summed E-state index contributed by atoms with van der Waals surface area (Å²) in [7, 11) is 0. The maximum atomic E-state index is 12.6. The van der Waals surface area contributed by atoms with Crippen LogP contribution in [0.5, 0.6) is 0 Å². The lowest BCUT2D eigenvalue weighted by atomic mass is 10.1. The monoisotopic (exact) mass is 379 g/mol. The van der Waals surface area contributed by atoms with Crippen molar-refractivity contribution in [3.05, 3.63) is 75.8 Å². The third-order valence-electron chi connectivity index (χ3n) is 4.38. The van der Waals surface area contributed by atoms with E-state index in [2.05, 4.69) is 10.3 Å². The quantitative estimate of drug-likeness (QED) is 0.391. The molecule has 1 aromatic heterocycles. The zero-order chi connectivity index (χ0) is 18.8. The molecule has 4 rings (SSSR count). The van der Waals surface area contributed by atoms with Gasteiger partial charge in [-0.3, -0.25) is 14.9 Å². The first-order valence-corrected chi connectivity index (χ1v) is 9.65. The van der Waals surface area contributed by atoms with E-state index in [0.717, 1.165) is 34.3 Å². The zero-order valence-electron chi connectivity index (χ0n) is 14.4. The Morgan fingerprint density at radius 3 is 2.63 bits per heavy atom. The maximum Gasteiger partial charge on any atom is 0.269 e. The van der Waals surface area contributed by atoms with Gasteiger partial charge < -0.3 is 5.32 Å². The van der Waals surface area contributed by atoms with Crippen molar-refractivity contribution in [2.75, 3.05) is 0 Å². The van der Waals surface area contributed by atoms with Crippen molar-refractivity contribution in [3.8, 4) is 0 Å². The number of carbonyl (C=O) groups is 1. The Morgan fingerprint density at radius 2 is 1.93 bits per heavy atom. The van der Waals surface area contributed by atoms with Crippen molar-refractivity contribution in [1.29, 1.82) is 0 Å². The van der Waals surface area contributed by atoms with Gasteiger partial charge in [0, 0.05) is 29.3 Å². The lowest BCUT2D eigenvalue weighted by Gasteiger charge is -2.10. The van der Waals surface area contributed by atoms with Crippen molar-refractivity contribution in [1.82, 2.24) is 10.3 Å². The van der Waals surface area contributed by atoms with Gasteiger partial charge in [0.1, 0.15) is 0 Å². The molecule has 0 spiro atoms. The fraction of sp³-hybridized carbons (Fsp3) is 0.200. The summed E-state index contributed by atoms with van der Waals surface area (Å²) in [6, 6.07) is 16.2. The average Bonchev–Trinajstić information content (AvgIpc) is 3.50. The molecule has 1 aliphatic rings. The highest BCUT2D eigenvalue weighted by molar-refractivity contribution is 7.98. The lowest BCUT2D eigenvalue weighted by molar-refractivity contribution is -0.384. The van der Waals surface area contributed by atoms with E-state index < -0.39 is 4.92 Å². The molecule has 7 heteroatoms. The van der Waals surface area contributed by atoms with Crippen LogP contribution in [0.2, 0.25) is 0 Å². The van der Waals surface area contributed by atoms with E-state index in [1.165, 1.54) is 23.9 Å². The van der Waals surface area contributed by atoms with Gasteiger partial charge in [-0.05, 0) is 30.5 Å². The topological polar surface area (TPSA) is 85.1 Å². The highest BCUT2D eigenvalue weighted by atomic mass is 32.2. The van der Waals surface area contributed by atoms with Crippen LogP contribution in [-0.4, -0.2) is 21.9 Å². The summed E-state index contributed by atoms with van der Waals surface area (Å²) in [5.74, 6) is 0.556. The Morgan fingerprint density at radius 1 is 1.19 bits per heavy atom. The van der Waals surface area contributed by atoms with Crippen molar-refractivity contribution < 1.29 is 9.72 Å². The summed E-state index contributed by atoms with van der Waals surface area (Å²) >= 11 is 1.51. The van der Waals surface area contributed by atoms with E-state index in [4.69, 9.17) is 0 Å². The number of nitro benzene ring substituents is 1. The molecule has 1 amide bonds. The molecule has 6 nitrogen and oxygen atoms in total. The van der Waals surface area contributed by atoms with Crippen LogP contribution in [-0.2, 0) is 5.75 Å². The molecule has 0 bridgehead atoms. The molecule has 0 saturated heterocycles. The fourth-order valence-corrected chi connectivity index (χ4v) is 3.65. The van der Waals surface area contributed by atoms with Gasteiger partial charge in [0.15, 0.2) is 0 Å². The number of fused-ring (bicyclic) bond motifs is 1. The minimum Gasteiger partial charge on any atom is -0.349 e. The Balaban J connectivity index is 1.57. The molecule has 3 aromatic rings. The van der Waals surface area contributed by atoms with Crippen LogP contribution in [0.4, 0.5) is 5.69 Å². The molecule has 2 aromatic carbocycles. The van der Waals surface area contributed by atoms with E-state index >= 15 is 0 Å². The second-order valence-corrected chi connectivity index (χ2v) is 7.48. The Labute approximate surface area is 160 Å². The second kappa shape index (κ2) is 7.36. The summed E-state index contributed by atoms with van der Waals surface area (Å²) in [4.78, 5) is 27.6. The number of rotatable bonds is 6. The summed E-state index contributed by atoms with van der Waals surface area (Å²) in [5, 5.41) is 15.4. The summed E-state index contributed by atoms with van der Waals surface area (Å²) in [5.41, 5.74) is 2.46. The number of non-ortho nitro benzene ring substituents is 1. The Hall–Kier alpha value is -2.93. The van der Waals surface area contributed by atoms with Gasteiger partial charge in [-0.2, -0.15) is 0 Å². The first-order chi connectivity index (χ1) is 13.1. The SMILES string of the molecule is O=C(NC1CC1)c1cc(SCc2ccc([N+](=O)[O-])cc2)nc2ccccc12. The third-order valence-corrected chi connectivity index (χ3v) is 5.37. The maximum absolute atomic E-state index is 12.6. The van der Waals surface area contributed by atoms with Crippen LogP contribution in [0.3, 0.4) is 0 Å². The predicted molar refractivity (Wildman–Crippen MR) is 105 cm³/mol. The molecular formula is C20H17N3O3S. The standard InChI is InChI=1S/C20H17N3O3S/c24-20(21-14-7-8-14)17-11-19(22-18-4-2-1-3-16(17)18)27-12-13-5-9-15(10-6-13)23(25)26/h1-6,9-11,14H,7-8,12H2,(H,21,24). The van der Waals surface area contributed by atoms with Gasteiger partial charge in [0.05, 0.1) is 21.0 Å². The predicted octanol–water partition coefficient (Wildman–Crippen LogP) is 4.33. The van der Waals surface area contributed by atoms with Crippen molar-refractivity contribution >= 4 is 34.3 Å². The molecule has 0 atom stereocenters. The summed E-state index contributed by atoms with van der Waals surface area (Å²) in [6.07, 6.45) is 2.08. The first-order valence-electron chi connectivity index (χ1n) is 8.67. The number of carbonyl (C=O) groups excluding carboxylic acids is 1. The number of benzene rings is 2. The number of para-hydroxylation sites is 1. The molecule has 0 aliphatic heterocycles. The van der Waals surface area contributed by atoms with E-state index in [-0.39, 0.29) is 11.6 Å². The second-order valence-electron chi connectivity index (χ2n) is 6.49. The van der Waals surface area contributed by atoms with Crippen molar-refractivity contribution in [2.24, 2.45) is 0 Å². The number of amides is 1. The van der Waals surface area contributed by atoms with Crippen LogP contribution in [0.25, 0.3) is 10.9 Å². The van der Waals surface area contributed by atoms with Crippen LogP contribution >= 0.6 is 11.8 Å². The highest BCUT2D eigenvalue weighted by Gasteiger charge is 2.25. The molecule has 0 unspecified atom stereocenters. The number of hydrogen-bond acceptors (Lipinski definition) is 5. The van der Waals surface area contributed by atoms with E-state index in [0.29, 0.717) is 17.4 Å². The van der Waals surface area contributed by atoms with Crippen LogP contribution < -0.4 is 5.32 Å². The largest absolute Gasteiger partial charge is 0.349 e. The van der Waals surface area contributed by atoms with Crippen molar-refractivity contribution in [3.63, 3.8) is 0 Å². The number of thioether (sulfide) groups is 1. The molecule has 1 heterocycles. The highest BCUT2D eigenvalue weighted by Crippen LogP contribution is 2.28. The van der Waals surface area contributed by atoms with Crippen molar-refractivity contribution in [2.45, 2.75) is 29.7 Å². The molecular weight excluding hydrogens is 362 g/mol. The van der Waals surface area contributed by atoms with E-state index in [9.17, 15) is 14.9 Å². The van der Waals surface area contributed by atoms with Gasteiger partial charge in [0.25, 0.3) is 11.6 Å². The molecule has 0 radical (unpaired) electrons. The van der Waals surface area contributed by atoms with E-state index in [1.807, 2.05) is 30.3 Å². The molecule has 1 saturated carbocycles. The van der Waals surface area contributed by atoms with Gasteiger partial charge in [0.2, 0.25) is 0 Å². The minimum absolute atomic E-state index is 0.0618. The fourth-order valence-electron chi connectivity index (χ4n) is 2.77.